The van der Waals surface area contributed by atoms with Crippen LogP contribution < -0.4 is 24.4 Å². The second-order valence-corrected chi connectivity index (χ2v) is 6.74. The number of hydrogen-bond acceptors (Lipinski definition) is 6. The van der Waals surface area contributed by atoms with Crippen LogP contribution in [0.1, 0.15) is 22.1 Å². The predicted octanol–water partition coefficient (Wildman–Crippen LogP) is 3.90. The van der Waals surface area contributed by atoms with Gasteiger partial charge in [-0.15, -0.1) is 0 Å². The van der Waals surface area contributed by atoms with Crippen molar-refractivity contribution in [2.75, 3.05) is 24.1 Å². The Labute approximate surface area is 167 Å². The van der Waals surface area contributed by atoms with Crippen LogP contribution in [0.4, 0.5) is 11.4 Å². The lowest BCUT2D eigenvalue weighted by Gasteiger charge is -2.38. The number of phenols is 1. The third-order valence-electron chi connectivity index (χ3n) is 5.08. The molecule has 1 atom stereocenters. The van der Waals surface area contributed by atoms with E-state index in [-0.39, 0.29) is 18.4 Å². The van der Waals surface area contributed by atoms with Crippen LogP contribution in [0, 0.1) is 0 Å². The van der Waals surface area contributed by atoms with Crippen LogP contribution in [0.15, 0.2) is 60.7 Å². The average Bonchev–Trinajstić information content (AvgIpc) is 3.21. The highest BCUT2D eigenvalue weighted by molar-refractivity contribution is 6.12. The topological polar surface area (TPSA) is 80.3 Å². The van der Waals surface area contributed by atoms with Crippen molar-refractivity contribution in [1.82, 2.24) is 0 Å². The Bertz CT molecular complexity index is 1110. The van der Waals surface area contributed by atoms with Crippen molar-refractivity contribution in [2.24, 2.45) is 0 Å². The summed E-state index contributed by atoms with van der Waals surface area (Å²) < 4.78 is 16.0. The summed E-state index contributed by atoms with van der Waals surface area (Å²) in [5, 5.41) is 13.7. The molecule has 2 aliphatic rings. The molecule has 1 amide bonds. The fraction of sp³-hybridized carbons (Fsp3) is 0.136. The first-order chi connectivity index (χ1) is 14.2. The number of phenolic OH excluding ortho intramolecular Hbond substituents is 1. The summed E-state index contributed by atoms with van der Waals surface area (Å²) in [6.07, 6.45) is -0.533. The number of fused-ring (bicyclic) bond motifs is 2. The molecule has 0 saturated carbocycles. The Morgan fingerprint density at radius 2 is 1.90 bits per heavy atom. The van der Waals surface area contributed by atoms with Crippen molar-refractivity contribution in [3.8, 4) is 23.0 Å². The number of para-hydroxylation sites is 1. The summed E-state index contributed by atoms with van der Waals surface area (Å²) in [6.45, 7) is 0.156. The minimum Gasteiger partial charge on any atom is -0.504 e. The number of aromatic hydroxyl groups is 1. The standard InChI is InChI=1S/C22H18N2O5/c1-27-18-8-6-13(10-17(18)25)21-23-16-5-3-2-4-15(16)22(26)24(21)14-7-9-19-20(11-14)29-12-28-19/h2-11,21,23,25H,12H2,1H3/t21-/m0/s1. The SMILES string of the molecule is COc1ccc([C@H]2Nc3ccccc3C(=O)N2c2ccc3c(c2)OCO3)cc1O. The average molecular weight is 390 g/mol. The third kappa shape index (κ3) is 2.79. The number of amides is 1. The first-order valence-corrected chi connectivity index (χ1v) is 9.11. The Kier molecular flexibility index (Phi) is 3.94. The number of ether oxygens (including phenoxy) is 3. The van der Waals surface area contributed by atoms with E-state index in [2.05, 4.69) is 5.32 Å². The molecule has 7 nitrogen and oxygen atoms in total. The molecule has 0 unspecified atom stereocenters. The second kappa shape index (κ2) is 6.63. The molecule has 5 rings (SSSR count). The number of carbonyl (C=O) groups is 1. The minimum absolute atomic E-state index is 0.00347. The number of hydrogen-bond donors (Lipinski definition) is 2. The molecule has 0 aliphatic carbocycles. The summed E-state index contributed by atoms with van der Waals surface area (Å²) in [4.78, 5) is 15.1. The summed E-state index contributed by atoms with van der Waals surface area (Å²) in [5.74, 6) is 1.45. The van der Waals surface area contributed by atoms with Gasteiger partial charge in [0.15, 0.2) is 23.0 Å². The van der Waals surface area contributed by atoms with Gasteiger partial charge in [0.1, 0.15) is 6.17 Å². The number of anilines is 2. The van der Waals surface area contributed by atoms with Crippen LogP contribution in [0.2, 0.25) is 0 Å². The third-order valence-corrected chi connectivity index (χ3v) is 5.08. The van der Waals surface area contributed by atoms with E-state index in [1.165, 1.54) is 7.11 Å². The monoisotopic (exact) mass is 390 g/mol. The van der Waals surface area contributed by atoms with E-state index < -0.39 is 6.17 Å². The predicted molar refractivity (Wildman–Crippen MR) is 107 cm³/mol. The van der Waals surface area contributed by atoms with Gasteiger partial charge in [0.05, 0.1) is 18.4 Å². The van der Waals surface area contributed by atoms with E-state index in [1.807, 2.05) is 30.3 Å². The van der Waals surface area contributed by atoms with Crippen LogP contribution in [0.25, 0.3) is 0 Å². The van der Waals surface area contributed by atoms with E-state index in [4.69, 9.17) is 14.2 Å². The molecule has 0 aromatic heterocycles. The van der Waals surface area contributed by atoms with E-state index in [9.17, 15) is 9.90 Å². The summed E-state index contributed by atoms with van der Waals surface area (Å²) in [5.41, 5.74) is 2.67. The maximum absolute atomic E-state index is 13.4. The Morgan fingerprint density at radius 3 is 2.72 bits per heavy atom. The van der Waals surface area contributed by atoms with Gasteiger partial charge in [-0.3, -0.25) is 9.69 Å². The zero-order valence-electron chi connectivity index (χ0n) is 15.6. The molecule has 2 N–H and O–H groups in total. The highest BCUT2D eigenvalue weighted by Gasteiger charge is 2.35. The number of methoxy groups -OCH3 is 1. The number of benzene rings is 3. The molecule has 0 fully saturated rings. The normalized spacial score (nSPS) is 16.9. The van der Waals surface area contributed by atoms with Crippen molar-refractivity contribution < 1.29 is 24.1 Å². The Hall–Kier alpha value is -3.87. The van der Waals surface area contributed by atoms with Crippen molar-refractivity contribution in [3.05, 3.63) is 71.8 Å². The summed E-state index contributed by atoms with van der Waals surface area (Å²) >= 11 is 0. The molecule has 2 aliphatic heterocycles. The number of nitrogens with zero attached hydrogens (tertiary/aromatic N) is 1. The lowest BCUT2D eigenvalue weighted by molar-refractivity contribution is 0.0975. The molecule has 2 heterocycles. The van der Waals surface area contributed by atoms with Crippen LogP contribution in [-0.4, -0.2) is 24.9 Å². The van der Waals surface area contributed by atoms with Crippen molar-refractivity contribution in [1.29, 1.82) is 0 Å². The molecule has 7 heteroatoms. The van der Waals surface area contributed by atoms with E-state index in [0.29, 0.717) is 34.1 Å². The maximum Gasteiger partial charge on any atom is 0.262 e. The van der Waals surface area contributed by atoms with Crippen molar-refractivity contribution >= 4 is 17.3 Å². The molecule has 0 saturated heterocycles. The van der Waals surface area contributed by atoms with Gasteiger partial charge in [-0.25, -0.2) is 0 Å². The Morgan fingerprint density at radius 1 is 1.07 bits per heavy atom. The zero-order chi connectivity index (χ0) is 20.0. The van der Waals surface area contributed by atoms with Crippen LogP contribution in [0.5, 0.6) is 23.0 Å². The lowest BCUT2D eigenvalue weighted by atomic mass is 10.0. The molecule has 0 bridgehead atoms. The van der Waals surface area contributed by atoms with E-state index in [0.717, 1.165) is 5.69 Å². The van der Waals surface area contributed by atoms with Gasteiger partial charge in [0.25, 0.3) is 5.91 Å². The second-order valence-electron chi connectivity index (χ2n) is 6.74. The molecule has 0 spiro atoms. The van der Waals surface area contributed by atoms with Gasteiger partial charge in [-0.05, 0) is 42.0 Å². The molecule has 0 radical (unpaired) electrons. The molecular formula is C22H18N2O5. The fourth-order valence-electron chi connectivity index (χ4n) is 3.67. The van der Waals surface area contributed by atoms with Crippen LogP contribution in [-0.2, 0) is 0 Å². The summed E-state index contributed by atoms with van der Waals surface area (Å²) in [7, 11) is 1.49. The molecule has 146 valence electrons. The lowest BCUT2D eigenvalue weighted by Crippen LogP contribution is -2.43. The molecule has 3 aromatic rings. The number of rotatable bonds is 3. The van der Waals surface area contributed by atoms with Gasteiger partial charge in [-0.2, -0.15) is 0 Å². The Balaban J connectivity index is 1.64. The largest absolute Gasteiger partial charge is 0.504 e. The van der Waals surface area contributed by atoms with Gasteiger partial charge in [0.2, 0.25) is 6.79 Å². The minimum atomic E-state index is -0.533. The molecule has 3 aromatic carbocycles. The van der Waals surface area contributed by atoms with Crippen LogP contribution in [0.3, 0.4) is 0 Å². The zero-order valence-corrected chi connectivity index (χ0v) is 15.6. The molecular weight excluding hydrogens is 372 g/mol. The smallest absolute Gasteiger partial charge is 0.262 e. The highest BCUT2D eigenvalue weighted by atomic mass is 16.7. The van der Waals surface area contributed by atoms with Gasteiger partial charge >= 0.3 is 0 Å². The van der Waals surface area contributed by atoms with Crippen molar-refractivity contribution in [2.45, 2.75) is 6.17 Å². The first-order valence-electron chi connectivity index (χ1n) is 9.11. The van der Waals surface area contributed by atoms with Gasteiger partial charge < -0.3 is 24.6 Å². The fourth-order valence-corrected chi connectivity index (χ4v) is 3.67. The van der Waals surface area contributed by atoms with Crippen LogP contribution >= 0.6 is 0 Å². The first kappa shape index (κ1) is 17.2. The quantitative estimate of drug-likeness (QED) is 0.706. The number of nitrogens with one attached hydrogen (secondary N) is 1. The van der Waals surface area contributed by atoms with Gasteiger partial charge in [0, 0.05) is 11.8 Å². The summed E-state index contributed by atoms with van der Waals surface area (Å²) in [6, 6.07) is 17.8. The maximum atomic E-state index is 13.4. The van der Waals surface area contributed by atoms with E-state index >= 15 is 0 Å². The number of carbonyl (C=O) groups excluding carboxylic acids is 1. The van der Waals surface area contributed by atoms with Crippen molar-refractivity contribution in [3.63, 3.8) is 0 Å². The molecule has 29 heavy (non-hydrogen) atoms. The van der Waals surface area contributed by atoms with Gasteiger partial charge in [-0.1, -0.05) is 18.2 Å². The van der Waals surface area contributed by atoms with E-state index in [1.54, 1.807) is 35.2 Å². The highest BCUT2D eigenvalue weighted by Crippen LogP contribution is 2.42.